The molecule has 1 heterocycles. The van der Waals surface area contributed by atoms with Crippen molar-refractivity contribution in [3.05, 3.63) is 65.0 Å². The van der Waals surface area contributed by atoms with E-state index in [1.54, 1.807) is 38.3 Å². The van der Waals surface area contributed by atoms with Gasteiger partial charge in [0.2, 0.25) is 5.91 Å². The summed E-state index contributed by atoms with van der Waals surface area (Å²) in [4.78, 5) is 25.0. The number of methoxy groups -OCH3 is 1. The molecule has 0 saturated heterocycles. The third-order valence-electron chi connectivity index (χ3n) is 4.49. The quantitative estimate of drug-likeness (QED) is 0.671. The standard InChI is InChI=1S/C21H23N5O3/c1-13-8-9-14(2)18(10-13)23-21(28)20-15(3)26(25-24-20)12-19(27)22-16-6-5-7-17(11-16)29-4/h5-11H,12H2,1-4H3,(H,22,27)(H,23,28). The summed E-state index contributed by atoms with van der Waals surface area (Å²) >= 11 is 0. The number of carbonyl (C=O) groups excluding carboxylic acids is 2. The number of hydrogen-bond acceptors (Lipinski definition) is 5. The van der Waals surface area contributed by atoms with E-state index in [1.165, 1.54) is 4.68 Å². The van der Waals surface area contributed by atoms with Gasteiger partial charge < -0.3 is 15.4 Å². The molecule has 0 fully saturated rings. The summed E-state index contributed by atoms with van der Waals surface area (Å²) in [7, 11) is 1.56. The van der Waals surface area contributed by atoms with Crippen molar-refractivity contribution in [1.82, 2.24) is 15.0 Å². The summed E-state index contributed by atoms with van der Waals surface area (Å²) in [5, 5.41) is 13.5. The average molecular weight is 393 g/mol. The van der Waals surface area contributed by atoms with Crippen LogP contribution in [0.3, 0.4) is 0 Å². The fourth-order valence-electron chi connectivity index (χ4n) is 2.81. The highest BCUT2D eigenvalue weighted by Crippen LogP contribution is 2.18. The number of hydrogen-bond donors (Lipinski definition) is 2. The minimum absolute atomic E-state index is 0.0627. The molecular weight excluding hydrogens is 370 g/mol. The van der Waals surface area contributed by atoms with Gasteiger partial charge >= 0.3 is 0 Å². The van der Waals surface area contributed by atoms with Gasteiger partial charge in [0.25, 0.3) is 5.91 Å². The molecule has 0 aliphatic carbocycles. The zero-order valence-corrected chi connectivity index (χ0v) is 16.8. The van der Waals surface area contributed by atoms with E-state index in [0.29, 0.717) is 17.1 Å². The molecular formula is C21H23N5O3. The zero-order valence-electron chi connectivity index (χ0n) is 16.8. The first-order valence-corrected chi connectivity index (χ1v) is 9.10. The largest absolute Gasteiger partial charge is 0.497 e. The lowest BCUT2D eigenvalue weighted by Crippen LogP contribution is -2.21. The molecule has 150 valence electrons. The monoisotopic (exact) mass is 393 g/mol. The van der Waals surface area contributed by atoms with E-state index in [-0.39, 0.29) is 24.1 Å². The SMILES string of the molecule is COc1cccc(NC(=O)Cn2nnc(C(=O)Nc3cc(C)ccc3C)c2C)c1. The van der Waals surface area contributed by atoms with Crippen molar-refractivity contribution in [2.45, 2.75) is 27.3 Å². The maximum atomic E-state index is 12.6. The van der Waals surface area contributed by atoms with Gasteiger partial charge in [-0.2, -0.15) is 0 Å². The molecule has 8 nitrogen and oxygen atoms in total. The molecule has 3 aromatic rings. The number of aromatic nitrogens is 3. The molecule has 0 spiro atoms. The predicted molar refractivity (Wildman–Crippen MR) is 110 cm³/mol. The van der Waals surface area contributed by atoms with Crippen molar-refractivity contribution >= 4 is 23.2 Å². The van der Waals surface area contributed by atoms with Crippen molar-refractivity contribution in [3.63, 3.8) is 0 Å². The topological polar surface area (TPSA) is 98.1 Å². The summed E-state index contributed by atoms with van der Waals surface area (Å²) in [6.07, 6.45) is 0. The van der Waals surface area contributed by atoms with Gasteiger partial charge in [0.1, 0.15) is 12.3 Å². The number of nitrogens with one attached hydrogen (secondary N) is 2. The van der Waals surface area contributed by atoms with Gasteiger partial charge in [0.05, 0.1) is 12.8 Å². The third-order valence-corrected chi connectivity index (χ3v) is 4.49. The molecule has 2 amide bonds. The van der Waals surface area contributed by atoms with E-state index in [0.717, 1.165) is 16.8 Å². The predicted octanol–water partition coefficient (Wildman–Crippen LogP) is 3.10. The molecule has 0 atom stereocenters. The Bertz CT molecular complexity index is 1060. The van der Waals surface area contributed by atoms with Gasteiger partial charge in [-0.25, -0.2) is 4.68 Å². The normalized spacial score (nSPS) is 10.5. The number of amides is 2. The highest BCUT2D eigenvalue weighted by molar-refractivity contribution is 6.04. The first-order valence-electron chi connectivity index (χ1n) is 9.10. The summed E-state index contributed by atoms with van der Waals surface area (Å²) in [6.45, 7) is 5.52. The van der Waals surface area contributed by atoms with Gasteiger partial charge in [0, 0.05) is 17.4 Å². The van der Waals surface area contributed by atoms with Crippen LogP contribution < -0.4 is 15.4 Å². The number of ether oxygens (including phenoxy) is 1. The Morgan fingerprint density at radius 1 is 1.07 bits per heavy atom. The van der Waals surface area contributed by atoms with E-state index in [9.17, 15) is 9.59 Å². The lowest BCUT2D eigenvalue weighted by Gasteiger charge is -2.09. The van der Waals surface area contributed by atoms with Crippen LogP contribution in [0, 0.1) is 20.8 Å². The highest BCUT2D eigenvalue weighted by atomic mass is 16.5. The maximum Gasteiger partial charge on any atom is 0.278 e. The number of anilines is 2. The smallest absolute Gasteiger partial charge is 0.278 e. The fourth-order valence-corrected chi connectivity index (χ4v) is 2.81. The van der Waals surface area contributed by atoms with Crippen LogP contribution in [0.5, 0.6) is 5.75 Å². The molecule has 2 aromatic carbocycles. The Labute approximate surface area is 168 Å². The van der Waals surface area contributed by atoms with Crippen LogP contribution in [0.15, 0.2) is 42.5 Å². The molecule has 0 bridgehead atoms. The zero-order chi connectivity index (χ0) is 21.0. The van der Waals surface area contributed by atoms with Crippen LogP contribution in [0.4, 0.5) is 11.4 Å². The number of aryl methyl sites for hydroxylation is 2. The minimum Gasteiger partial charge on any atom is -0.497 e. The van der Waals surface area contributed by atoms with Crippen molar-refractivity contribution in [2.75, 3.05) is 17.7 Å². The number of nitrogens with zero attached hydrogens (tertiary/aromatic N) is 3. The Morgan fingerprint density at radius 2 is 1.86 bits per heavy atom. The van der Waals surface area contributed by atoms with Crippen LogP contribution in [0.25, 0.3) is 0 Å². The molecule has 0 radical (unpaired) electrons. The Kier molecular flexibility index (Phi) is 5.92. The van der Waals surface area contributed by atoms with E-state index in [1.807, 2.05) is 32.0 Å². The molecule has 1 aromatic heterocycles. The van der Waals surface area contributed by atoms with Gasteiger partial charge in [-0.3, -0.25) is 9.59 Å². The Hall–Kier alpha value is -3.68. The fraction of sp³-hybridized carbons (Fsp3) is 0.238. The van der Waals surface area contributed by atoms with E-state index >= 15 is 0 Å². The van der Waals surface area contributed by atoms with Gasteiger partial charge in [-0.05, 0) is 50.1 Å². The van der Waals surface area contributed by atoms with Gasteiger partial charge in [-0.1, -0.05) is 23.4 Å². The molecule has 0 unspecified atom stereocenters. The van der Waals surface area contributed by atoms with Crippen LogP contribution >= 0.6 is 0 Å². The second-order valence-corrected chi connectivity index (χ2v) is 6.73. The molecule has 0 aliphatic rings. The number of rotatable bonds is 6. The summed E-state index contributed by atoms with van der Waals surface area (Å²) in [5.41, 5.74) is 4.01. The van der Waals surface area contributed by atoms with Crippen molar-refractivity contribution < 1.29 is 14.3 Å². The second kappa shape index (κ2) is 8.55. The lowest BCUT2D eigenvalue weighted by atomic mass is 10.1. The molecule has 0 aliphatic heterocycles. The molecule has 29 heavy (non-hydrogen) atoms. The van der Waals surface area contributed by atoms with Gasteiger partial charge in [0.15, 0.2) is 5.69 Å². The van der Waals surface area contributed by atoms with E-state index in [4.69, 9.17) is 4.74 Å². The number of carbonyl (C=O) groups is 2. The molecule has 2 N–H and O–H groups in total. The van der Waals surface area contributed by atoms with Crippen LogP contribution in [0.2, 0.25) is 0 Å². The Morgan fingerprint density at radius 3 is 2.62 bits per heavy atom. The average Bonchev–Trinajstić information content (AvgIpc) is 3.05. The first kappa shape index (κ1) is 20.1. The van der Waals surface area contributed by atoms with Crippen LogP contribution in [-0.4, -0.2) is 33.9 Å². The minimum atomic E-state index is -0.365. The number of benzene rings is 2. The van der Waals surface area contributed by atoms with Crippen molar-refractivity contribution in [1.29, 1.82) is 0 Å². The van der Waals surface area contributed by atoms with Crippen molar-refractivity contribution in [2.24, 2.45) is 0 Å². The van der Waals surface area contributed by atoms with E-state index < -0.39 is 0 Å². The van der Waals surface area contributed by atoms with Crippen molar-refractivity contribution in [3.8, 4) is 5.75 Å². The van der Waals surface area contributed by atoms with E-state index in [2.05, 4.69) is 20.9 Å². The van der Waals surface area contributed by atoms with Crippen LogP contribution in [-0.2, 0) is 11.3 Å². The van der Waals surface area contributed by atoms with Crippen LogP contribution in [0.1, 0.15) is 27.3 Å². The Balaban J connectivity index is 1.69. The molecule has 3 rings (SSSR count). The van der Waals surface area contributed by atoms with Gasteiger partial charge in [-0.15, -0.1) is 5.10 Å². The summed E-state index contributed by atoms with van der Waals surface area (Å²) in [6, 6.07) is 12.9. The highest BCUT2D eigenvalue weighted by Gasteiger charge is 2.19. The molecule has 0 saturated carbocycles. The maximum absolute atomic E-state index is 12.6. The lowest BCUT2D eigenvalue weighted by molar-refractivity contribution is -0.117. The first-order chi connectivity index (χ1) is 13.9. The third kappa shape index (κ3) is 4.78. The molecule has 8 heteroatoms. The summed E-state index contributed by atoms with van der Waals surface area (Å²) in [5.74, 6) is -0.00599. The summed E-state index contributed by atoms with van der Waals surface area (Å²) < 4.78 is 6.54. The second-order valence-electron chi connectivity index (χ2n) is 6.73.